The maximum absolute atomic E-state index is 6.19. The number of ether oxygens (including phenoxy) is 2. The van der Waals surface area contributed by atoms with Gasteiger partial charge in [-0.2, -0.15) is 0 Å². The lowest BCUT2D eigenvalue weighted by molar-refractivity contribution is 0.215. The molecule has 4 aromatic carbocycles. The Labute approximate surface area is 265 Å². The molecule has 8 aromatic rings. The molecular formula is C38H28N4O4. The molecule has 0 bridgehead atoms. The summed E-state index contributed by atoms with van der Waals surface area (Å²) in [5.41, 5.74) is 3.90. The van der Waals surface area contributed by atoms with Gasteiger partial charge in [-0.05, 0) is 48.5 Å². The topological polar surface area (TPSA) is 96.3 Å². The van der Waals surface area contributed by atoms with Crippen molar-refractivity contribution in [3.8, 4) is 11.5 Å². The first kappa shape index (κ1) is 28.5. The van der Waals surface area contributed by atoms with Crippen molar-refractivity contribution in [3.05, 3.63) is 182 Å². The van der Waals surface area contributed by atoms with Crippen molar-refractivity contribution in [1.29, 1.82) is 0 Å². The van der Waals surface area contributed by atoms with Crippen LogP contribution in [-0.2, 0) is 0 Å². The van der Waals surface area contributed by atoms with Crippen molar-refractivity contribution in [2.75, 3.05) is 0 Å². The number of aromatic nitrogens is 4. The van der Waals surface area contributed by atoms with Crippen molar-refractivity contribution in [3.63, 3.8) is 0 Å². The highest BCUT2D eigenvalue weighted by Gasteiger charge is 2.21. The maximum Gasteiger partial charge on any atom is 0.183 e. The number of hydrogen-bond acceptors (Lipinski definition) is 8. The predicted octanol–water partition coefficient (Wildman–Crippen LogP) is 8.78. The average molecular weight is 605 g/mol. The Hall–Kier alpha value is -6.28. The molecule has 8 rings (SSSR count). The van der Waals surface area contributed by atoms with E-state index in [2.05, 4.69) is 19.9 Å². The zero-order valence-electron chi connectivity index (χ0n) is 24.6. The molecule has 2 atom stereocenters. The highest BCUT2D eigenvalue weighted by molar-refractivity contribution is 5.80. The minimum absolute atomic E-state index is 0.340. The van der Waals surface area contributed by atoms with Crippen LogP contribution >= 0.6 is 0 Å². The van der Waals surface area contributed by atoms with E-state index < -0.39 is 0 Å². The Balaban J connectivity index is 0.000000147. The SMILES string of the molecule is c1ccc(C(Oc2ccc3ncccc3c2)c2cnco2)cc1.c1ccc(C(Oc2ccc3ncccc3c2)c2cnco2)cc1. The molecule has 224 valence electrons. The molecule has 46 heavy (non-hydrogen) atoms. The van der Waals surface area contributed by atoms with Gasteiger partial charge in [-0.15, -0.1) is 0 Å². The van der Waals surface area contributed by atoms with E-state index in [4.69, 9.17) is 18.3 Å². The second-order valence-electron chi connectivity index (χ2n) is 10.3. The highest BCUT2D eigenvalue weighted by Crippen LogP contribution is 2.31. The van der Waals surface area contributed by atoms with Gasteiger partial charge in [0.05, 0.1) is 23.4 Å². The van der Waals surface area contributed by atoms with Crippen LogP contribution in [0, 0.1) is 0 Å². The number of fused-ring (bicyclic) bond motifs is 2. The summed E-state index contributed by atoms with van der Waals surface area (Å²) in [4.78, 5) is 16.7. The molecule has 0 saturated heterocycles. The number of nitrogens with zero attached hydrogens (tertiary/aromatic N) is 4. The molecule has 0 radical (unpaired) electrons. The smallest absolute Gasteiger partial charge is 0.183 e. The van der Waals surface area contributed by atoms with Gasteiger partial charge in [-0.3, -0.25) is 9.97 Å². The molecule has 0 aliphatic rings. The van der Waals surface area contributed by atoms with Crippen LogP contribution in [-0.4, -0.2) is 19.9 Å². The summed E-state index contributed by atoms with van der Waals surface area (Å²) in [7, 11) is 0. The number of hydrogen-bond donors (Lipinski definition) is 0. The Morgan fingerprint density at radius 3 is 1.35 bits per heavy atom. The Kier molecular flexibility index (Phi) is 8.40. The summed E-state index contributed by atoms with van der Waals surface area (Å²) >= 11 is 0. The van der Waals surface area contributed by atoms with E-state index in [-0.39, 0.29) is 12.2 Å². The molecule has 4 heterocycles. The molecule has 0 saturated carbocycles. The van der Waals surface area contributed by atoms with Crippen LogP contribution in [0.2, 0.25) is 0 Å². The fraction of sp³-hybridized carbons (Fsp3) is 0.0526. The standard InChI is InChI=1S/2C19H14N2O2/c2*1-2-5-14(6-3-1)19(18-12-20-13-22-18)23-16-8-9-17-15(11-16)7-4-10-21-17/h2*1-13,19H. The third kappa shape index (κ3) is 6.61. The maximum atomic E-state index is 6.19. The summed E-state index contributed by atoms with van der Waals surface area (Å²) in [5.74, 6) is 2.86. The zero-order chi connectivity index (χ0) is 31.0. The third-order valence-corrected chi connectivity index (χ3v) is 7.28. The Bertz CT molecular complexity index is 1960. The molecule has 8 nitrogen and oxygen atoms in total. The minimum Gasteiger partial charge on any atom is -0.478 e. The second kappa shape index (κ2) is 13.6. The van der Waals surface area contributed by atoms with E-state index in [9.17, 15) is 0 Å². The first-order chi connectivity index (χ1) is 22.8. The number of oxazole rings is 2. The monoisotopic (exact) mass is 604 g/mol. The molecule has 0 aliphatic carbocycles. The van der Waals surface area contributed by atoms with Gasteiger partial charge in [0.1, 0.15) is 11.5 Å². The van der Waals surface area contributed by atoms with Gasteiger partial charge in [0.25, 0.3) is 0 Å². The fourth-order valence-corrected chi connectivity index (χ4v) is 5.07. The van der Waals surface area contributed by atoms with Crippen molar-refractivity contribution in [1.82, 2.24) is 19.9 Å². The summed E-state index contributed by atoms with van der Waals surface area (Å²) in [6, 6.07) is 39.5. The van der Waals surface area contributed by atoms with Crippen LogP contribution < -0.4 is 9.47 Å². The van der Waals surface area contributed by atoms with Crippen molar-refractivity contribution in [2.24, 2.45) is 0 Å². The second-order valence-corrected chi connectivity index (χ2v) is 10.3. The molecule has 8 heteroatoms. The molecule has 4 aromatic heterocycles. The first-order valence-corrected chi connectivity index (χ1v) is 14.7. The van der Waals surface area contributed by atoms with Crippen molar-refractivity contribution < 1.29 is 18.3 Å². The van der Waals surface area contributed by atoms with Gasteiger partial charge in [0.2, 0.25) is 0 Å². The van der Waals surface area contributed by atoms with Crippen LogP contribution in [0.25, 0.3) is 21.8 Å². The van der Waals surface area contributed by atoms with E-state index in [0.29, 0.717) is 11.5 Å². The lowest BCUT2D eigenvalue weighted by atomic mass is 10.1. The molecule has 2 unspecified atom stereocenters. The molecule has 0 spiro atoms. The Morgan fingerprint density at radius 2 is 0.935 bits per heavy atom. The lowest BCUT2D eigenvalue weighted by Gasteiger charge is -2.17. The van der Waals surface area contributed by atoms with Crippen molar-refractivity contribution in [2.45, 2.75) is 12.2 Å². The van der Waals surface area contributed by atoms with Gasteiger partial charge >= 0.3 is 0 Å². The summed E-state index contributed by atoms with van der Waals surface area (Å²) < 4.78 is 23.3. The largest absolute Gasteiger partial charge is 0.478 e. The minimum atomic E-state index is -0.340. The van der Waals surface area contributed by atoms with Crippen LogP contribution in [0.1, 0.15) is 34.9 Å². The van der Waals surface area contributed by atoms with Gasteiger partial charge in [0, 0.05) is 34.3 Å². The Morgan fingerprint density at radius 1 is 0.478 bits per heavy atom. The molecule has 0 fully saturated rings. The van der Waals surface area contributed by atoms with Gasteiger partial charge in [-0.1, -0.05) is 72.8 Å². The van der Waals surface area contributed by atoms with E-state index in [0.717, 1.165) is 44.4 Å². The molecular weight excluding hydrogens is 576 g/mol. The molecule has 0 N–H and O–H groups in total. The lowest BCUT2D eigenvalue weighted by Crippen LogP contribution is -2.08. The fourth-order valence-electron chi connectivity index (χ4n) is 5.07. The zero-order valence-corrected chi connectivity index (χ0v) is 24.6. The number of pyridine rings is 2. The predicted molar refractivity (Wildman–Crippen MR) is 174 cm³/mol. The van der Waals surface area contributed by atoms with Crippen LogP contribution in [0.4, 0.5) is 0 Å². The van der Waals surface area contributed by atoms with E-state index in [1.165, 1.54) is 12.8 Å². The number of benzene rings is 4. The summed E-state index contributed by atoms with van der Waals surface area (Å²) in [6.07, 6.45) is 9.08. The molecule has 0 aliphatic heterocycles. The average Bonchev–Trinajstić information content (AvgIpc) is 3.86. The van der Waals surface area contributed by atoms with Crippen LogP contribution in [0.5, 0.6) is 11.5 Å². The number of rotatable bonds is 8. The first-order valence-electron chi connectivity index (χ1n) is 14.7. The van der Waals surface area contributed by atoms with Gasteiger partial charge in [-0.25, -0.2) is 9.97 Å². The highest BCUT2D eigenvalue weighted by atomic mass is 16.5. The van der Waals surface area contributed by atoms with E-state index in [1.807, 2.05) is 121 Å². The third-order valence-electron chi connectivity index (χ3n) is 7.28. The summed E-state index contributed by atoms with van der Waals surface area (Å²) in [5, 5.41) is 2.07. The van der Waals surface area contributed by atoms with Crippen LogP contribution in [0.15, 0.2) is 168 Å². The van der Waals surface area contributed by atoms with Crippen LogP contribution in [0.3, 0.4) is 0 Å². The quantitative estimate of drug-likeness (QED) is 0.170. The van der Waals surface area contributed by atoms with E-state index >= 15 is 0 Å². The van der Waals surface area contributed by atoms with Crippen molar-refractivity contribution >= 4 is 21.8 Å². The van der Waals surface area contributed by atoms with E-state index in [1.54, 1.807) is 24.8 Å². The summed E-state index contributed by atoms with van der Waals surface area (Å²) in [6.45, 7) is 0. The van der Waals surface area contributed by atoms with Gasteiger partial charge < -0.3 is 18.3 Å². The molecule has 0 amide bonds. The van der Waals surface area contributed by atoms with Gasteiger partial charge in [0.15, 0.2) is 36.5 Å². The normalized spacial score (nSPS) is 12.2.